The molecule has 0 spiro atoms. The molecule has 0 radical (unpaired) electrons. The van der Waals surface area contributed by atoms with Crippen molar-refractivity contribution < 1.29 is 9.90 Å². The van der Waals surface area contributed by atoms with Crippen LogP contribution in [0.2, 0.25) is 0 Å². The van der Waals surface area contributed by atoms with Crippen molar-refractivity contribution in [2.24, 2.45) is 5.92 Å². The fourth-order valence-corrected chi connectivity index (χ4v) is 2.17. The maximum Gasteiger partial charge on any atom is 0.254 e. The average Bonchev–Trinajstić information content (AvgIpc) is 3.16. The van der Waals surface area contributed by atoms with Crippen LogP contribution in [-0.4, -0.2) is 28.5 Å². The van der Waals surface area contributed by atoms with Crippen LogP contribution in [0.15, 0.2) is 24.3 Å². The third kappa shape index (κ3) is 2.43. The van der Waals surface area contributed by atoms with Crippen LogP contribution in [0.4, 0.5) is 0 Å². The van der Waals surface area contributed by atoms with Crippen LogP contribution in [0.25, 0.3) is 0 Å². The number of carbonyl (C=O) groups is 1. The predicted octanol–water partition coefficient (Wildman–Crippen LogP) is 2.41. The van der Waals surface area contributed by atoms with Crippen molar-refractivity contribution in [3.8, 4) is 5.75 Å². The molecule has 3 heteroatoms. The normalized spacial score (nSPS) is 19.1. The smallest absolute Gasteiger partial charge is 0.254 e. The molecule has 17 heavy (non-hydrogen) atoms. The summed E-state index contributed by atoms with van der Waals surface area (Å²) in [5.74, 6) is 0.963. The molecule has 2 aliphatic rings. The minimum Gasteiger partial charge on any atom is -0.508 e. The summed E-state index contributed by atoms with van der Waals surface area (Å²) in [6, 6.07) is 7.12. The zero-order valence-electron chi connectivity index (χ0n) is 9.80. The average molecular weight is 231 g/mol. The highest BCUT2D eigenvalue weighted by Gasteiger charge is 2.36. The number of aromatic hydroxyl groups is 1. The molecule has 3 nitrogen and oxygen atoms in total. The van der Waals surface area contributed by atoms with Gasteiger partial charge in [0.25, 0.3) is 5.91 Å². The Morgan fingerprint density at radius 1 is 1.29 bits per heavy atom. The Kier molecular flexibility index (Phi) is 2.54. The van der Waals surface area contributed by atoms with E-state index < -0.39 is 0 Å². The Labute approximate surface area is 101 Å². The molecule has 1 N–H and O–H groups in total. The quantitative estimate of drug-likeness (QED) is 0.864. The summed E-state index contributed by atoms with van der Waals surface area (Å²) >= 11 is 0. The number of phenols is 1. The van der Waals surface area contributed by atoms with Gasteiger partial charge in [-0.1, -0.05) is 6.07 Å². The van der Waals surface area contributed by atoms with Gasteiger partial charge in [-0.25, -0.2) is 0 Å². The van der Waals surface area contributed by atoms with Crippen LogP contribution in [0, 0.1) is 5.92 Å². The Hall–Kier alpha value is -1.51. The topological polar surface area (TPSA) is 40.5 Å². The summed E-state index contributed by atoms with van der Waals surface area (Å²) in [6.45, 7) is 0.902. The molecule has 0 saturated heterocycles. The van der Waals surface area contributed by atoms with E-state index in [0.29, 0.717) is 11.6 Å². The summed E-state index contributed by atoms with van der Waals surface area (Å²) < 4.78 is 0. The van der Waals surface area contributed by atoms with Crippen LogP contribution in [0.5, 0.6) is 5.75 Å². The second-order valence-corrected chi connectivity index (χ2v) is 5.18. The lowest BCUT2D eigenvalue weighted by atomic mass is 10.1. The van der Waals surface area contributed by atoms with E-state index in [0.717, 1.165) is 25.3 Å². The Balaban J connectivity index is 1.77. The molecule has 3 rings (SSSR count). The number of amides is 1. The molecular weight excluding hydrogens is 214 g/mol. The number of rotatable bonds is 4. The van der Waals surface area contributed by atoms with Gasteiger partial charge >= 0.3 is 0 Å². The molecule has 0 aliphatic heterocycles. The molecule has 0 aromatic heterocycles. The standard InChI is InChI=1S/C14H17NO2/c16-13-3-1-2-11(8-13)14(17)15(12-6-7-12)9-10-4-5-10/h1-3,8,10,12,16H,4-7,9H2. The zero-order valence-corrected chi connectivity index (χ0v) is 9.80. The van der Waals surface area contributed by atoms with E-state index in [1.165, 1.54) is 12.8 Å². The van der Waals surface area contributed by atoms with Gasteiger partial charge in [-0.2, -0.15) is 0 Å². The Morgan fingerprint density at radius 3 is 2.65 bits per heavy atom. The third-order valence-electron chi connectivity index (χ3n) is 3.49. The van der Waals surface area contributed by atoms with Crippen molar-refractivity contribution in [2.75, 3.05) is 6.54 Å². The van der Waals surface area contributed by atoms with Crippen molar-refractivity contribution in [2.45, 2.75) is 31.7 Å². The fourth-order valence-electron chi connectivity index (χ4n) is 2.17. The number of phenolic OH excluding ortho intramolecular Hbond substituents is 1. The van der Waals surface area contributed by atoms with Gasteiger partial charge in [-0.15, -0.1) is 0 Å². The largest absolute Gasteiger partial charge is 0.508 e. The molecule has 2 fully saturated rings. The zero-order chi connectivity index (χ0) is 11.8. The summed E-state index contributed by atoms with van der Waals surface area (Å²) in [6.07, 6.45) is 4.79. The minimum atomic E-state index is 0.0790. The van der Waals surface area contributed by atoms with Gasteiger partial charge in [0.2, 0.25) is 0 Å². The summed E-state index contributed by atoms with van der Waals surface area (Å²) in [5, 5.41) is 9.42. The monoisotopic (exact) mass is 231 g/mol. The predicted molar refractivity (Wildman–Crippen MR) is 64.9 cm³/mol. The first kappa shape index (κ1) is 10.6. The SMILES string of the molecule is O=C(c1cccc(O)c1)N(CC1CC1)C1CC1. The summed E-state index contributed by atoms with van der Waals surface area (Å²) in [5.41, 5.74) is 0.609. The lowest BCUT2D eigenvalue weighted by Crippen LogP contribution is -2.34. The van der Waals surface area contributed by atoms with E-state index in [4.69, 9.17) is 0 Å². The molecule has 0 heterocycles. The molecule has 90 valence electrons. The van der Waals surface area contributed by atoms with E-state index in [1.54, 1.807) is 24.3 Å². The highest BCUT2D eigenvalue weighted by atomic mass is 16.3. The number of carbonyl (C=O) groups excluding carboxylic acids is 1. The van der Waals surface area contributed by atoms with E-state index in [1.807, 2.05) is 4.90 Å². The van der Waals surface area contributed by atoms with E-state index >= 15 is 0 Å². The number of benzene rings is 1. The van der Waals surface area contributed by atoms with Gasteiger partial charge in [0.1, 0.15) is 5.75 Å². The second-order valence-electron chi connectivity index (χ2n) is 5.18. The van der Waals surface area contributed by atoms with Crippen molar-refractivity contribution in [3.63, 3.8) is 0 Å². The number of nitrogens with zero attached hydrogens (tertiary/aromatic N) is 1. The highest BCUT2D eigenvalue weighted by Crippen LogP contribution is 2.35. The van der Waals surface area contributed by atoms with Gasteiger partial charge in [0.05, 0.1) is 0 Å². The molecule has 0 unspecified atom stereocenters. The van der Waals surface area contributed by atoms with Gasteiger partial charge in [-0.05, 0) is 49.8 Å². The lowest BCUT2D eigenvalue weighted by molar-refractivity contribution is 0.0734. The maximum absolute atomic E-state index is 12.4. The number of hydrogen-bond acceptors (Lipinski definition) is 2. The van der Waals surface area contributed by atoms with Crippen molar-refractivity contribution in [3.05, 3.63) is 29.8 Å². The molecule has 1 aromatic carbocycles. The first-order chi connectivity index (χ1) is 8.24. The molecule has 2 saturated carbocycles. The van der Waals surface area contributed by atoms with E-state index in [9.17, 15) is 9.90 Å². The fraction of sp³-hybridized carbons (Fsp3) is 0.500. The van der Waals surface area contributed by atoms with Crippen LogP contribution in [0.1, 0.15) is 36.0 Å². The Bertz CT molecular complexity index is 436. The van der Waals surface area contributed by atoms with Gasteiger partial charge in [0.15, 0.2) is 0 Å². The molecule has 1 amide bonds. The second kappa shape index (κ2) is 4.06. The van der Waals surface area contributed by atoms with Crippen LogP contribution < -0.4 is 0 Å². The van der Waals surface area contributed by atoms with E-state index in [-0.39, 0.29) is 11.7 Å². The minimum absolute atomic E-state index is 0.0790. The van der Waals surface area contributed by atoms with E-state index in [2.05, 4.69) is 0 Å². The molecular formula is C14H17NO2. The van der Waals surface area contributed by atoms with Crippen molar-refractivity contribution >= 4 is 5.91 Å². The number of hydrogen-bond donors (Lipinski definition) is 1. The first-order valence-corrected chi connectivity index (χ1v) is 6.34. The third-order valence-corrected chi connectivity index (χ3v) is 3.49. The first-order valence-electron chi connectivity index (χ1n) is 6.34. The lowest BCUT2D eigenvalue weighted by Gasteiger charge is -2.22. The summed E-state index contributed by atoms with van der Waals surface area (Å²) in [4.78, 5) is 14.4. The molecule has 0 bridgehead atoms. The van der Waals surface area contributed by atoms with Crippen LogP contribution >= 0.6 is 0 Å². The van der Waals surface area contributed by atoms with Gasteiger partial charge in [-0.3, -0.25) is 4.79 Å². The Morgan fingerprint density at radius 2 is 2.06 bits per heavy atom. The molecule has 2 aliphatic carbocycles. The van der Waals surface area contributed by atoms with Crippen molar-refractivity contribution in [1.82, 2.24) is 4.90 Å². The maximum atomic E-state index is 12.4. The molecule has 1 aromatic rings. The van der Waals surface area contributed by atoms with Crippen LogP contribution in [0.3, 0.4) is 0 Å². The van der Waals surface area contributed by atoms with Crippen LogP contribution in [-0.2, 0) is 0 Å². The summed E-state index contributed by atoms with van der Waals surface area (Å²) in [7, 11) is 0. The van der Waals surface area contributed by atoms with Gasteiger partial charge in [0, 0.05) is 18.2 Å². The molecule has 0 atom stereocenters. The highest BCUT2D eigenvalue weighted by molar-refractivity contribution is 5.95. The van der Waals surface area contributed by atoms with Gasteiger partial charge < -0.3 is 10.0 Å². The van der Waals surface area contributed by atoms with Crippen molar-refractivity contribution in [1.29, 1.82) is 0 Å².